The zero-order valence-electron chi connectivity index (χ0n) is 20.6. The third-order valence-corrected chi connectivity index (χ3v) is 6.70. The minimum atomic E-state index is -0.552. The predicted octanol–water partition coefficient (Wildman–Crippen LogP) is 5.51. The topological polar surface area (TPSA) is 118 Å². The van der Waals surface area contributed by atoms with Crippen molar-refractivity contribution in [3.8, 4) is 11.3 Å². The van der Waals surface area contributed by atoms with Gasteiger partial charge in [-0.25, -0.2) is 24.9 Å². The molecular formula is C28H24N8O. The Kier molecular flexibility index (Phi) is 5.26. The van der Waals surface area contributed by atoms with Crippen molar-refractivity contribution >= 4 is 45.5 Å². The van der Waals surface area contributed by atoms with E-state index in [1.165, 1.54) is 12.7 Å². The van der Waals surface area contributed by atoms with Crippen molar-refractivity contribution in [2.24, 2.45) is 0 Å². The minimum Gasteiger partial charge on any atom is -0.340 e. The first-order chi connectivity index (χ1) is 17.9. The first kappa shape index (κ1) is 22.5. The molecule has 0 radical (unpaired) electrons. The summed E-state index contributed by atoms with van der Waals surface area (Å²) in [5.74, 6) is 1.32. The highest BCUT2D eigenvalue weighted by Crippen LogP contribution is 2.40. The van der Waals surface area contributed by atoms with Crippen LogP contribution in [0, 0.1) is 6.92 Å². The lowest BCUT2D eigenvalue weighted by molar-refractivity contribution is -0.119. The minimum absolute atomic E-state index is 0.00539. The maximum atomic E-state index is 12.4. The number of aryl methyl sites for hydroxylation is 1. The van der Waals surface area contributed by atoms with Crippen molar-refractivity contribution in [3.05, 3.63) is 84.7 Å². The van der Waals surface area contributed by atoms with Gasteiger partial charge in [-0.2, -0.15) is 0 Å². The molecule has 3 aromatic heterocycles. The van der Waals surface area contributed by atoms with Crippen molar-refractivity contribution in [2.75, 3.05) is 16.0 Å². The highest BCUT2D eigenvalue weighted by Gasteiger charge is 2.38. The number of rotatable bonds is 5. The van der Waals surface area contributed by atoms with E-state index in [1.54, 1.807) is 12.4 Å². The van der Waals surface area contributed by atoms with Crippen LogP contribution in [0.15, 0.2) is 73.6 Å². The van der Waals surface area contributed by atoms with Crippen LogP contribution in [-0.4, -0.2) is 30.8 Å². The third kappa shape index (κ3) is 3.90. The Hall–Kier alpha value is -4.92. The first-order valence-corrected chi connectivity index (χ1v) is 11.9. The van der Waals surface area contributed by atoms with Gasteiger partial charge >= 0.3 is 0 Å². The van der Waals surface area contributed by atoms with Crippen LogP contribution in [0.1, 0.15) is 25.0 Å². The lowest BCUT2D eigenvalue weighted by Crippen LogP contribution is -2.26. The summed E-state index contributed by atoms with van der Waals surface area (Å²) in [6.07, 6.45) is 6.51. The number of nitrogens with zero attached hydrogens (tertiary/aromatic N) is 5. The molecule has 0 aliphatic carbocycles. The summed E-state index contributed by atoms with van der Waals surface area (Å²) >= 11 is 0. The van der Waals surface area contributed by atoms with Crippen molar-refractivity contribution in [3.63, 3.8) is 0 Å². The normalized spacial score (nSPS) is 13.8. The van der Waals surface area contributed by atoms with Crippen molar-refractivity contribution in [1.82, 2.24) is 24.9 Å². The second-order valence-corrected chi connectivity index (χ2v) is 9.46. The van der Waals surface area contributed by atoms with E-state index in [2.05, 4.69) is 40.9 Å². The smallest absolute Gasteiger partial charge is 0.234 e. The van der Waals surface area contributed by atoms with Crippen molar-refractivity contribution < 1.29 is 4.79 Å². The van der Waals surface area contributed by atoms with Gasteiger partial charge < -0.3 is 16.0 Å². The lowest BCUT2D eigenvalue weighted by atomic mass is 9.86. The maximum Gasteiger partial charge on any atom is 0.234 e. The molecule has 6 rings (SSSR count). The van der Waals surface area contributed by atoms with Crippen molar-refractivity contribution in [2.45, 2.75) is 26.2 Å². The molecule has 1 amide bonds. The van der Waals surface area contributed by atoms with Crippen LogP contribution in [0.2, 0.25) is 0 Å². The summed E-state index contributed by atoms with van der Waals surface area (Å²) in [7, 11) is 0. The molecule has 9 heteroatoms. The number of hydrogen-bond acceptors (Lipinski definition) is 8. The molecule has 4 heterocycles. The molecule has 0 bridgehead atoms. The number of amides is 1. The number of pyridine rings is 1. The Labute approximate surface area is 213 Å². The first-order valence-electron chi connectivity index (χ1n) is 11.9. The zero-order chi connectivity index (χ0) is 25.6. The van der Waals surface area contributed by atoms with E-state index in [1.807, 2.05) is 69.3 Å². The molecule has 1 aliphatic heterocycles. The van der Waals surface area contributed by atoms with E-state index in [0.717, 1.165) is 50.3 Å². The van der Waals surface area contributed by atoms with E-state index in [-0.39, 0.29) is 5.91 Å². The largest absolute Gasteiger partial charge is 0.340 e. The summed E-state index contributed by atoms with van der Waals surface area (Å²) in [5.41, 5.74) is 6.29. The quantitative estimate of drug-likeness (QED) is 0.297. The number of fused-ring (bicyclic) bond motifs is 2. The second-order valence-electron chi connectivity index (χ2n) is 9.46. The second kappa shape index (κ2) is 8.63. The van der Waals surface area contributed by atoms with Crippen LogP contribution in [-0.2, 0) is 10.2 Å². The van der Waals surface area contributed by atoms with Gasteiger partial charge in [0.1, 0.15) is 24.3 Å². The molecule has 37 heavy (non-hydrogen) atoms. The average molecular weight is 489 g/mol. The number of anilines is 5. The van der Waals surface area contributed by atoms with Gasteiger partial charge in [-0.15, -0.1) is 0 Å². The summed E-state index contributed by atoms with van der Waals surface area (Å²) in [4.78, 5) is 34.5. The fourth-order valence-corrected chi connectivity index (χ4v) is 4.58. The van der Waals surface area contributed by atoms with Gasteiger partial charge in [0, 0.05) is 34.7 Å². The standard InChI is InChI=1S/C28H24N8O/c1-16-6-8-19-24(23(16)36-25-18(5-4-11-30-25)21-10-12-29-14-31-21)32-15-33-26(19)34-17-7-9-20-22(13-17)35-27(37)28(20,2)3/h4-15H,1-3H3,(H,30,36)(H,35,37)(H,32,33,34). The fourth-order valence-electron chi connectivity index (χ4n) is 4.58. The molecular weight excluding hydrogens is 464 g/mol. The van der Waals surface area contributed by atoms with Gasteiger partial charge in [0.2, 0.25) is 5.91 Å². The number of aromatic nitrogens is 5. The molecule has 0 spiro atoms. The van der Waals surface area contributed by atoms with Gasteiger partial charge in [0.25, 0.3) is 0 Å². The Morgan fingerprint density at radius 2 is 1.76 bits per heavy atom. The van der Waals surface area contributed by atoms with Crippen LogP contribution in [0.3, 0.4) is 0 Å². The molecule has 0 atom stereocenters. The maximum absolute atomic E-state index is 12.4. The molecule has 2 aromatic carbocycles. The summed E-state index contributed by atoms with van der Waals surface area (Å²) < 4.78 is 0. The van der Waals surface area contributed by atoms with Gasteiger partial charge in [0.15, 0.2) is 0 Å². The van der Waals surface area contributed by atoms with Crippen LogP contribution in [0.25, 0.3) is 22.2 Å². The van der Waals surface area contributed by atoms with Gasteiger partial charge in [0.05, 0.1) is 22.3 Å². The number of carbonyl (C=O) groups excluding carboxylic acids is 1. The van der Waals surface area contributed by atoms with E-state index in [4.69, 9.17) is 0 Å². The Morgan fingerprint density at radius 1 is 0.865 bits per heavy atom. The van der Waals surface area contributed by atoms with E-state index >= 15 is 0 Å². The summed E-state index contributed by atoms with van der Waals surface area (Å²) in [6.45, 7) is 5.87. The number of carbonyl (C=O) groups is 1. The zero-order valence-corrected chi connectivity index (χ0v) is 20.6. The van der Waals surface area contributed by atoms with Crippen LogP contribution in [0.4, 0.5) is 28.7 Å². The fraction of sp³-hybridized carbons (Fsp3) is 0.143. The monoisotopic (exact) mass is 488 g/mol. The van der Waals surface area contributed by atoms with E-state index in [9.17, 15) is 4.79 Å². The summed E-state index contributed by atoms with van der Waals surface area (Å²) in [5, 5.41) is 10.7. The van der Waals surface area contributed by atoms with Crippen molar-refractivity contribution in [1.29, 1.82) is 0 Å². The van der Waals surface area contributed by atoms with E-state index in [0.29, 0.717) is 11.6 Å². The molecule has 1 aliphatic rings. The van der Waals surface area contributed by atoms with E-state index < -0.39 is 5.41 Å². The predicted molar refractivity (Wildman–Crippen MR) is 144 cm³/mol. The van der Waals surface area contributed by atoms with Crippen LogP contribution < -0.4 is 16.0 Å². The molecule has 182 valence electrons. The molecule has 3 N–H and O–H groups in total. The molecule has 0 unspecified atom stereocenters. The average Bonchev–Trinajstić information content (AvgIpc) is 3.13. The molecule has 0 fully saturated rings. The Morgan fingerprint density at radius 3 is 2.59 bits per heavy atom. The Bertz CT molecular complexity index is 1670. The Balaban J connectivity index is 1.38. The molecule has 9 nitrogen and oxygen atoms in total. The molecule has 5 aromatic rings. The number of benzene rings is 2. The summed E-state index contributed by atoms with van der Waals surface area (Å²) in [6, 6.07) is 15.6. The number of nitrogens with one attached hydrogen (secondary N) is 3. The number of hydrogen-bond donors (Lipinski definition) is 3. The molecule has 0 saturated heterocycles. The molecule has 0 saturated carbocycles. The van der Waals surface area contributed by atoms with Gasteiger partial charge in [-0.05, 0) is 68.3 Å². The van der Waals surface area contributed by atoms with Gasteiger partial charge in [-0.3, -0.25) is 4.79 Å². The van der Waals surface area contributed by atoms with Gasteiger partial charge in [-0.1, -0.05) is 12.1 Å². The van der Waals surface area contributed by atoms with Crippen LogP contribution >= 0.6 is 0 Å². The SMILES string of the molecule is Cc1ccc2c(Nc3ccc4c(c3)NC(=O)C4(C)C)ncnc2c1Nc1ncccc1-c1ccncn1. The highest BCUT2D eigenvalue weighted by atomic mass is 16.2. The lowest BCUT2D eigenvalue weighted by Gasteiger charge is -2.17. The van der Waals surface area contributed by atoms with Crippen LogP contribution in [0.5, 0.6) is 0 Å². The third-order valence-electron chi connectivity index (χ3n) is 6.70. The highest BCUT2D eigenvalue weighted by molar-refractivity contribution is 6.06.